The Hall–Kier alpha value is -1.38. The second-order valence-electron chi connectivity index (χ2n) is 7.65. The largest absolute Gasteiger partial charge is 0.356 e. The summed E-state index contributed by atoms with van der Waals surface area (Å²) in [6.45, 7) is 7.31. The van der Waals surface area contributed by atoms with Gasteiger partial charge in [0.2, 0.25) is 10.0 Å². The lowest BCUT2D eigenvalue weighted by Gasteiger charge is -2.33. The fourth-order valence-electron chi connectivity index (χ4n) is 3.29. The summed E-state index contributed by atoms with van der Waals surface area (Å²) in [5.41, 5.74) is 0.526. The van der Waals surface area contributed by atoms with Crippen LogP contribution in [-0.4, -0.2) is 57.2 Å². The van der Waals surface area contributed by atoms with Gasteiger partial charge in [0.1, 0.15) is 5.82 Å². The Morgan fingerprint density at radius 1 is 1.36 bits per heavy atom. The van der Waals surface area contributed by atoms with Crippen LogP contribution in [0.15, 0.2) is 23.2 Å². The summed E-state index contributed by atoms with van der Waals surface area (Å²) in [4.78, 5) is 4.27. The maximum absolute atomic E-state index is 13.3. The molecular weight excluding hydrogens is 403 g/mol. The van der Waals surface area contributed by atoms with Crippen LogP contribution >= 0.6 is 11.6 Å². The normalized spacial score (nSPS) is 17.6. The first-order valence-electron chi connectivity index (χ1n) is 9.49. The molecule has 9 heteroatoms. The smallest absolute Gasteiger partial charge is 0.213 e. The first kappa shape index (κ1) is 22.9. The Morgan fingerprint density at radius 3 is 2.54 bits per heavy atom. The molecular formula is C19H30ClFN4O2S. The van der Waals surface area contributed by atoms with E-state index in [9.17, 15) is 12.8 Å². The summed E-state index contributed by atoms with van der Waals surface area (Å²) in [5.74, 6) is 0.435. The van der Waals surface area contributed by atoms with Gasteiger partial charge in [-0.05, 0) is 37.5 Å². The van der Waals surface area contributed by atoms with E-state index in [1.807, 2.05) is 13.8 Å². The van der Waals surface area contributed by atoms with E-state index in [4.69, 9.17) is 11.6 Å². The van der Waals surface area contributed by atoms with Gasteiger partial charge in [-0.25, -0.2) is 17.1 Å². The van der Waals surface area contributed by atoms with Crippen LogP contribution in [0, 0.1) is 5.82 Å². The third-order valence-electron chi connectivity index (χ3n) is 5.13. The summed E-state index contributed by atoms with van der Waals surface area (Å²) < 4.78 is 38.8. The van der Waals surface area contributed by atoms with E-state index in [0.29, 0.717) is 30.6 Å². The van der Waals surface area contributed by atoms with Gasteiger partial charge in [0.25, 0.3) is 0 Å². The number of halogens is 2. The van der Waals surface area contributed by atoms with Crippen LogP contribution in [-0.2, 0) is 15.4 Å². The Kier molecular flexibility index (Phi) is 7.70. The highest BCUT2D eigenvalue weighted by Crippen LogP contribution is 2.30. The molecule has 0 amide bonds. The SMILES string of the molecule is CCS(=O)(=O)N1CCC(NC(=NC)NCC(C)(C)c2ccc(F)cc2Cl)CC1. The van der Waals surface area contributed by atoms with Gasteiger partial charge in [0.15, 0.2) is 5.96 Å². The van der Waals surface area contributed by atoms with Gasteiger partial charge in [-0.1, -0.05) is 31.5 Å². The lowest BCUT2D eigenvalue weighted by atomic mass is 9.84. The van der Waals surface area contributed by atoms with E-state index in [1.165, 1.54) is 12.1 Å². The van der Waals surface area contributed by atoms with Crippen LogP contribution in [0.5, 0.6) is 0 Å². The van der Waals surface area contributed by atoms with Crippen molar-refractivity contribution in [3.63, 3.8) is 0 Å². The summed E-state index contributed by atoms with van der Waals surface area (Å²) in [7, 11) is -1.43. The minimum absolute atomic E-state index is 0.134. The van der Waals surface area contributed by atoms with Gasteiger partial charge in [-0.2, -0.15) is 0 Å². The van der Waals surface area contributed by atoms with Crippen LogP contribution < -0.4 is 10.6 Å². The highest BCUT2D eigenvalue weighted by Gasteiger charge is 2.28. The van der Waals surface area contributed by atoms with Crippen molar-refractivity contribution >= 4 is 27.6 Å². The third kappa shape index (κ3) is 5.81. The molecule has 1 fully saturated rings. The first-order valence-corrected chi connectivity index (χ1v) is 11.5. The molecule has 1 saturated heterocycles. The number of guanidine groups is 1. The van der Waals surface area contributed by atoms with E-state index in [-0.39, 0.29) is 23.0 Å². The molecule has 2 rings (SSSR count). The first-order chi connectivity index (χ1) is 13.1. The van der Waals surface area contributed by atoms with Gasteiger partial charge in [-0.15, -0.1) is 0 Å². The molecule has 0 spiro atoms. The maximum atomic E-state index is 13.3. The lowest BCUT2D eigenvalue weighted by molar-refractivity contribution is 0.306. The van der Waals surface area contributed by atoms with Crippen molar-refractivity contribution in [3.05, 3.63) is 34.6 Å². The Balaban J connectivity index is 1.91. The Morgan fingerprint density at radius 2 is 2.00 bits per heavy atom. The number of sulfonamides is 1. The molecule has 0 aromatic heterocycles. The summed E-state index contributed by atoms with van der Waals surface area (Å²) in [6.07, 6.45) is 1.46. The van der Waals surface area contributed by atoms with Crippen LogP contribution in [0.3, 0.4) is 0 Å². The van der Waals surface area contributed by atoms with Crippen molar-refractivity contribution < 1.29 is 12.8 Å². The van der Waals surface area contributed by atoms with Crippen molar-refractivity contribution in [2.75, 3.05) is 32.4 Å². The molecule has 158 valence electrons. The molecule has 0 saturated carbocycles. The molecule has 1 heterocycles. The molecule has 0 atom stereocenters. The molecule has 0 radical (unpaired) electrons. The quantitative estimate of drug-likeness (QED) is 0.535. The molecule has 28 heavy (non-hydrogen) atoms. The fourth-order valence-corrected chi connectivity index (χ4v) is 4.84. The number of piperidine rings is 1. The minimum Gasteiger partial charge on any atom is -0.356 e. The molecule has 1 aromatic rings. The Bertz CT molecular complexity index is 806. The average Bonchev–Trinajstić information content (AvgIpc) is 2.65. The maximum Gasteiger partial charge on any atom is 0.213 e. The van der Waals surface area contributed by atoms with Crippen molar-refractivity contribution in [2.24, 2.45) is 4.99 Å². The second kappa shape index (κ2) is 9.41. The monoisotopic (exact) mass is 432 g/mol. The molecule has 0 aliphatic carbocycles. The van der Waals surface area contributed by atoms with E-state index in [0.717, 1.165) is 18.4 Å². The second-order valence-corrected chi connectivity index (χ2v) is 10.3. The summed E-state index contributed by atoms with van der Waals surface area (Å²) in [5, 5.41) is 7.07. The topological polar surface area (TPSA) is 73.8 Å². The molecule has 2 N–H and O–H groups in total. The predicted octanol–water partition coefficient (Wildman–Crippen LogP) is 2.74. The lowest BCUT2D eigenvalue weighted by Crippen LogP contribution is -2.51. The average molecular weight is 433 g/mol. The van der Waals surface area contributed by atoms with Gasteiger partial charge < -0.3 is 10.6 Å². The number of benzene rings is 1. The van der Waals surface area contributed by atoms with E-state index in [2.05, 4.69) is 15.6 Å². The van der Waals surface area contributed by atoms with Gasteiger partial charge in [0, 0.05) is 43.2 Å². The Labute approximate surface area is 172 Å². The molecule has 0 bridgehead atoms. The fraction of sp³-hybridized carbons (Fsp3) is 0.632. The van der Waals surface area contributed by atoms with Crippen LogP contribution in [0.2, 0.25) is 5.02 Å². The highest BCUT2D eigenvalue weighted by molar-refractivity contribution is 7.89. The van der Waals surface area contributed by atoms with E-state index < -0.39 is 10.0 Å². The number of hydrogen-bond donors (Lipinski definition) is 2. The number of nitrogens with one attached hydrogen (secondary N) is 2. The zero-order valence-electron chi connectivity index (χ0n) is 16.9. The van der Waals surface area contributed by atoms with Crippen LogP contribution in [0.4, 0.5) is 4.39 Å². The number of nitrogens with zero attached hydrogens (tertiary/aromatic N) is 2. The molecule has 6 nitrogen and oxygen atoms in total. The third-order valence-corrected chi connectivity index (χ3v) is 7.33. The van der Waals surface area contributed by atoms with Gasteiger partial charge >= 0.3 is 0 Å². The van der Waals surface area contributed by atoms with Crippen molar-refractivity contribution in [2.45, 2.75) is 45.1 Å². The van der Waals surface area contributed by atoms with Crippen molar-refractivity contribution in [3.8, 4) is 0 Å². The zero-order valence-corrected chi connectivity index (χ0v) is 18.5. The summed E-state index contributed by atoms with van der Waals surface area (Å²) >= 11 is 6.21. The molecule has 0 unspecified atom stereocenters. The van der Waals surface area contributed by atoms with Crippen LogP contribution in [0.1, 0.15) is 39.2 Å². The number of aliphatic imine (C=N–C) groups is 1. The van der Waals surface area contributed by atoms with Crippen molar-refractivity contribution in [1.82, 2.24) is 14.9 Å². The standard InChI is InChI=1S/C19H30ClFN4O2S/c1-5-28(26,27)25-10-8-15(9-11-25)24-18(22-4)23-13-19(2,3)16-7-6-14(21)12-17(16)20/h6-7,12,15H,5,8-11,13H2,1-4H3,(H2,22,23,24). The van der Waals surface area contributed by atoms with E-state index in [1.54, 1.807) is 24.3 Å². The van der Waals surface area contributed by atoms with Crippen LogP contribution in [0.25, 0.3) is 0 Å². The predicted molar refractivity (Wildman–Crippen MR) is 113 cm³/mol. The number of hydrogen-bond acceptors (Lipinski definition) is 3. The van der Waals surface area contributed by atoms with Crippen molar-refractivity contribution in [1.29, 1.82) is 0 Å². The zero-order chi connectivity index (χ0) is 20.9. The number of rotatable bonds is 6. The molecule has 1 aliphatic heterocycles. The summed E-state index contributed by atoms with van der Waals surface area (Å²) in [6, 6.07) is 4.60. The molecule has 1 aromatic carbocycles. The van der Waals surface area contributed by atoms with Gasteiger partial charge in [-0.3, -0.25) is 4.99 Å². The van der Waals surface area contributed by atoms with Gasteiger partial charge in [0.05, 0.1) is 5.75 Å². The minimum atomic E-state index is -3.13. The highest BCUT2D eigenvalue weighted by atomic mass is 35.5. The van der Waals surface area contributed by atoms with E-state index >= 15 is 0 Å². The molecule has 1 aliphatic rings.